The predicted octanol–water partition coefficient (Wildman–Crippen LogP) is 4.56. The van der Waals surface area contributed by atoms with Crippen molar-refractivity contribution in [2.75, 3.05) is 19.6 Å². The number of carbonyl (C=O) groups is 1. The van der Waals surface area contributed by atoms with E-state index in [0.717, 1.165) is 31.8 Å². The highest BCUT2D eigenvalue weighted by molar-refractivity contribution is 5.81. The zero-order valence-electron chi connectivity index (χ0n) is 16.0. The monoisotopic (exact) mass is 372 g/mol. The Balaban J connectivity index is 0.000000246. The molecule has 1 aromatic rings. The van der Waals surface area contributed by atoms with E-state index in [2.05, 4.69) is 36.5 Å². The lowest BCUT2D eigenvalue weighted by atomic mass is 9.98. The van der Waals surface area contributed by atoms with Crippen LogP contribution in [0.2, 0.25) is 0 Å². The number of benzene rings is 1. The number of aryl methyl sites for hydroxylation is 1. The number of hydrogen-bond donors (Lipinski definition) is 2. The Labute approximate surface area is 154 Å². The average Bonchev–Trinajstić information content (AvgIpc) is 3.48. The van der Waals surface area contributed by atoms with E-state index >= 15 is 0 Å². The number of rotatable bonds is 3. The van der Waals surface area contributed by atoms with Gasteiger partial charge in [0.1, 0.15) is 0 Å². The van der Waals surface area contributed by atoms with Gasteiger partial charge >= 0.3 is 12.1 Å². The van der Waals surface area contributed by atoms with Crippen LogP contribution in [0, 0.1) is 12.8 Å². The molecule has 0 radical (unpaired) electrons. The van der Waals surface area contributed by atoms with Gasteiger partial charge in [-0.15, -0.1) is 0 Å². The zero-order chi connectivity index (χ0) is 19.6. The van der Waals surface area contributed by atoms with E-state index in [1.807, 2.05) is 19.2 Å². The maximum atomic E-state index is 11.8. The zero-order valence-corrected chi connectivity index (χ0v) is 16.0. The Morgan fingerprint density at radius 2 is 1.62 bits per heavy atom. The van der Waals surface area contributed by atoms with E-state index in [0.29, 0.717) is 0 Å². The summed E-state index contributed by atoms with van der Waals surface area (Å²) in [5.41, 5.74) is 2.90. The lowest BCUT2D eigenvalue weighted by Crippen LogP contribution is -2.41. The number of alkyl halides is 3. The molecule has 2 N–H and O–H groups in total. The predicted molar refractivity (Wildman–Crippen MR) is 99.2 cm³/mol. The largest absolute Gasteiger partial charge is 0.471 e. The number of nitrogens with one attached hydrogen (secondary N) is 2. The molecule has 1 heterocycles. The van der Waals surface area contributed by atoms with Gasteiger partial charge < -0.3 is 10.6 Å². The van der Waals surface area contributed by atoms with Crippen molar-refractivity contribution in [1.82, 2.24) is 10.6 Å². The van der Waals surface area contributed by atoms with Crippen molar-refractivity contribution in [2.24, 2.45) is 5.92 Å². The van der Waals surface area contributed by atoms with E-state index in [4.69, 9.17) is 0 Å². The van der Waals surface area contributed by atoms with Crippen LogP contribution in [0.5, 0.6) is 0 Å². The summed E-state index contributed by atoms with van der Waals surface area (Å²) in [7, 11) is 0. The standard InChI is InChI=1S/C10H12.C8H13F3N2O.C2H6/c1-8-2-4-9(5-3-8)10-6-7-10;9-8(10,11)7(14)13-5-6-1-3-12-4-2-6;1-2/h2-5,10H,6-7H2,1H3;6,12H,1-5H2,(H,13,14);1-2H3. The SMILES string of the molecule is CC.Cc1ccc(C2CC2)cc1.O=C(NCC1CCNCC1)C(F)(F)F. The number of amides is 1. The van der Waals surface area contributed by atoms with Crippen molar-refractivity contribution >= 4 is 5.91 Å². The molecule has 148 valence electrons. The fraction of sp³-hybridized carbons (Fsp3) is 0.650. The molecule has 3 nitrogen and oxygen atoms in total. The van der Waals surface area contributed by atoms with Crippen LogP contribution in [0.4, 0.5) is 13.2 Å². The van der Waals surface area contributed by atoms with E-state index in [9.17, 15) is 18.0 Å². The number of halogens is 3. The molecule has 0 aromatic heterocycles. The first-order valence-electron chi connectivity index (χ1n) is 9.48. The van der Waals surface area contributed by atoms with Crippen LogP contribution in [0.1, 0.15) is 56.6 Å². The third-order valence-corrected chi connectivity index (χ3v) is 4.39. The minimum atomic E-state index is -4.76. The molecule has 1 aromatic carbocycles. The fourth-order valence-electron chi connectivity index (χ4n) is 2.68. The molecular weight excluding hydrogens is 341 g/mol. The van der Waals surface area contributed by atoms with Crippen LogP contribution >= 0.6 is 0 Å². The smallest absolute Gasteiger partial charge is 0.348 e. The number of hydrogen-bond acceptors (Lipinski definition) is 2. The molecule has 2 fully saturated rings. The summed E-state index contributed by atoms with van der Waals surface area (Å²) in [6, 6.07) is 8.92. The van der Waals surface area contributed by atoms with Gasteiger partial charge in [-0.2, -0.15) is 13.2 Å². The molecule has 1 aliphatic carbocycles. The molecule has 1 saturated carbocycles. The third kappa shape index (κ3) is 8.70. The van der Waals surface area contributed by atoms with Gasteiger partial charge in [-0.25, -0.2) is 0 Å². The van der Waals surface area contributed by atoms with E-state index in [-0.39, 0.29) is 12.5 Å². The lowest BCUT2D eigenvalue weighted by Gasteiger charge is -2.22. The molecule has 2 aliphatic rings. The molecule has 0 unspecified atom stereocenters. The minimum absolute atomic E-state index is 0.125. The third-order valence-electron chi connectivity index (χ3n) is 4.39. The second kappa shape index (κ2) is 11.2. The van der Waals surface area contributed by atoms with Gasteiger partial charge in [-0.05, 0) is 63.1 Å². The maximum absolute atomic E-state index is 11.8. The number of piperidine rings is 1. The topological polar surface area (TPSA) is 41.1 Å². The van der Waals surface area contributed by atoms with Crippen molar-refractivity contribution in [3.63, 3.8) is 0 Å². The summed E-state index contributed by atoms with van der Waals surface area (Å²) in [5.74, 6) is -0.765. The highest BCUT2D eigenvalue weighted by atomic mass is 19.4. The van der Waals surface area contributed by atoms with Gasteiger partial charge in [0, 0.05) is 6.54 Å². The normalized spacial score (nSPS) is 17.3. The lowest BCUT2D eigenvalue weighted by molar-refractivity contribution is -0.173. The Kier molecular flexibility index (Phi) is 9.70. The molecule has 1 saturated heterocycles. The van der Waals surface area contributed by atoms with Crippen molar-refractivity contribution < 1.29 is 18.0 Å². The van der Waals surface area contributed by atoms with Gasteiger partial charge in [0.15, 0.2) is 0 Å². The molecule has 26 heavy (non-hydrogen) atoms. The summed E-state index contributed by atoms with van der Waals surface area (Å²) in [6.07, 6.45) is -0.310. The minimum Gasteiger partial charge on any atom is -0.348 e. The van der Waals surface area contributed by atoms with Crippen molar-refractivity contribution in [3.8, 4) is 0 Å². The Morgan fingerprint density at radius 1 is 1.08 bits per heavy atom. The van der Waals surface area contributed by atoms with E-state index in [1.165, 1.54) is 24.0 Å². The van der Waals surface area contributed by atoms with Gasteiger partial charge in [-0.1, -0.05) is 43.7 Å². The van der Waals surface area contributed by atoms with Crippen LogP contribution in [0.25, 0.3) is 0 Å². The van der Waals surface area contributed by atoms with Crippen LogP contribution < -0.4 is 10.6 Å². The molecule has 3 rings (SSSR count). The van der Waals surface area contributed by atoms with E-state index < -0.39 is 12.1 Å². The quantitative estimate of drug-likeness (QED) is 0.816. The molecule has 0 bridgehead atoms. The molecule has 1 aliphatic heterocycles. The molecule has 0 spiro atoms. The summed E-state index contributed by atoms with van der Waals surface area (Å²) < 4.78 is 35.3. The molecular formula is C20H31F3N2O. The van der Waals surface area contributed by atoms with E-state index in [1.54, 1.807) is 0 Å². The number of carbonyl (C=O) groups excluding carboxylic acids is 1. The van der Waals surface area contributed by atoms with Gasteiger partial charge in [-0.3, -0.25) is 4.79 Å². The summed E-state index contributed by atoms with van der Waals surface area (Å²) in [4.78, 5) is 10.5. The highest BCUT2D eigenvalue weighted by Crippen LogP contribution is 2.39. The van der Waals surface area contributed by atoms with Gasteiger partial charge in [0.2, 0.25) is 0 Å². The second-order valence-electron chi connectivity index (χ2n) is 6.59. The first-order chi connectivity index (χ1) is 12.4. The Morgan fingerprint density at radius 3 is 2.08 bits per heavy atom. The van der Waals surface area contributed by atoms with Crippen LogP contribution in [-0.4, -0.2) is 31.7 Å². The molecule has 1 amide bonds. The Hall–Kier alpha value is -1.56. The molecule has 6 heteroatoms. The van der Waals surface area contributed by atoms with Crippen LogP contribution in [0.3, 0.4) is 0 Å². The summed E-state index contributed by atoms with van der Waals surface area (Å²) >= 11 is 0. The first kappa shape index (κ1) is 22.5. The summed E-state index contributed by atoms with van der Waals surface area (Å²) in [6.45, 7) is 7.88. The van der Waals surface area contributed by atoms with Gasteiger partial charge in [0.05, 0.1) is 0 Å². The first-order valence-corrected chi connectivity index (χ1v) is 9.48. The van der Waals surface area contributed by atoms with Crippen molar-refractivity contribution in [2.45, 2.75) is 58.5 Å². The van der Waals surface area contributed by atoms with Crippen LogP contribution in [0.15, 0.2) is 24.3 Å². The average molecular weight is 372 g/mol. The molecule has 0 atom stereocenters. The van der Waals surface area contributed by atoms with Crippen LogP contribution in [-0.2, 0) is 4.79 Å². The van der Waals surface area contributed by atoms with Crippen molar-refractivity contribution in [3.05, 3.63) is 35.4 Å². The summed E-state index contributed by atoms with van der Waals surface area (Å²) in [5, 5.41) is 5.00. The highest BCUT2D eigenvalue weighted by Gasteiger charge is 2.38. The fourth-order valence-corrected chi connectivity index (χ4v) is 2.68. The Bertz CT molecular complexity index is 519. The van der Waals surface area contributed by atoms with Gasteiger partial charge in [0.25, 0.3) is 0 Å². The van der Waals surface area contributed by atoms with Crippen molar-refractivity contribution in [1.29, 1.82) is 0 Å². The maximum Gasteiger partial charge on any atom is 0.471 e. The second-order valence-corrected chi connectivity index (χ2v) is 6.59.